The molecule has 7 heteroatoms. The molecule has 2 aromatic rings. The molecule has 0 radical (unpaired) electrons. The van der Waals surface area contributed by atoms with Gasteiger partial charge in [-0.05, 0) is 24.1 Å². The van der Waals surface area contributed by atoms with Crippen LogP contribution < -0.4 is 5.09 Å². The Labute approximate surface area is 128 Å². The number of pyridine rings is 1. The third-order valence-electron chi connectivity index (χ3n) is 3.39. The van der Waals surface area contributed by atoms with E-state index in [-0.39, 0.29) is 0 Å². The fraction of sp³-hybridized carbons (Fsp3) is 0.200. The van der Waals surface area contributed by atoms with Gasteiger partial charge in [0.05, 0.1) is 5.66 Å². The van der Waals surface area contributed by atoms with E-state index in [4.69, 9.17) is 0 Å². The van der Waals surface area contributed by atoms with Gasteiger partial charge in [-0.3, -0.25) is 14.3 Å². The Hall–Kier alpha value is -2.01. The maximum absolute atomic E-state index is 12.6. The molecule has 0 bridgehead atoms. The average molecular weight is 320 g/mol. The molecule has 3 atom stereocenters. The van der Waals surface area contributed by atoms with Crippen molar-refractivity contribution >= 4 is 13.5 Å². The van der Waals surface area contributed by atoms with E-state index in [0.29, 0.717) is 11.1 Å². The number of hydrogen-bond acceptors (Lipinski definition) is 3. The van der Waals surface area contributed by atoms with Crippen molar-refractivity contribution in [3.05, 3.63) is 66.0 Å². The minimum absolute atomic E-state index is 0.419. The van der Waals surface area contributed by atoms with Gasteiger partial charge >= 0.3 is 5.97 Å². The van der Waals surface area contributed by atoms with Crippen molar-refractivity contribution < 1.29 is 19.4 Å². The molecular weight excluding hydrogens is 303 g/mol. The highest BCUT2D eigenvalue weighted by Crippen LogP contribution is 2.53. The van der Waals surface area contributed by atoms with Crippen molar-refractivity contribution in [3.63, 3.8) is 0 Å². The summed E-state index contributed by atoms with van der Waals surface area (Å²) in [5.41, 5.74) is 0.215. The van der Waals surface area contributed by atoms with Crippen LogP contribution in [0.3, 0.4) is 0 Å². The van der Waals surface area contributed by atoms with Gasteiger partial charge in [-0.15, -0.1) is 0 Å². The Morgan fingerprint density at radius 2 is 1.82 bits per heavy atom. The first kappa shape index (κ1) is 16.4. The molecule has 3 unspecified atom stereocenters. The molecular formula is C15H17N2O4P. The van der Waals surface area contributed by atoms with E-state index in [1.165, 1.54) is 6.20 Å². The Balaban J connectivity index is 2.25. The number of aromatic nitrogens is 1. The molecule has 0 aliphatic heterocycles. The second-order valence-electron chi connectivity index (χ2n) is 4.90. The highest BCUT2D eigenvalue weighted by Gasteiger charge is 2.34. The van der Waals surface area contributed by atoms with Crippen LogP contribution in [0.25, 0.3) is 0 Å². The average Bonchev–Trinajstić information content (AvgIpc) is 2.53. The van der Waals surface area contributed by atoms with Crippen LogP contribution >= 0.6 is 7.52 Å². The zero-order valence-corrected chi connectivity index (χ0v) is 12.9. The van der Waals surface area contributed by atoms with Crippen molar-refractivity contribution in [2.75, 3.05) is 0 Å². The third-order valence-corrected chi connectivity index (χ3v) is 5.36. The minimum atomic E-state index is -3.95. The number of hydrogen-bond donors (Lipinski definition) is 3. The van der Waals surface area contributed by atoms with Gasteiger partial charge in [-0.1, -0.05) is 36.4 Å². The molecule has 0 amide bonds. The fourth-order valence-electron chi connectivity index (χ4n) is 2.04. The molecule has 1 aromatic heterocycles. The fourth-order valence-corrected chi connectivity index (χ4v) is 3.45. The molecule has 0 saturated heterocycles. The first-order valence-corrected chi connectivity index (χ1v) is 8.42. The van der Waals surface area contributed by atoms with E-state index in [1.54, 1.807) is 55.6 Å². The maximum atomic E-state index is 12.6. The SMILES string of the molecule is CC(c1cccnc1)P(=O)(O)NC(C(=O)O)c1ccccc1. The molecule has 0 aliphatic carbocycles. The normalized spacial score (nSPS) is 16.5. The zero-order valence-electron chi connectivity index (χ0n) is 12.0. The van der Waals surface area contributed by atoms with Crippen LogP contribution in [0.15, 0.2) is 54.9 Å². The van der Waals surface area contributed by atoms with E-state index >= 15 is 0 Å². The van der Waals surface area contributed by atoms with Crippen LogP contribution in [0.2, 0.25) is 0 Å². The van der Waals surface area contributed by atoms with Crippen molar-refractivity contribution in [2.45, 2.75) is 18.6 Å². The molecule has 0 saturated carbocycles. The highest BCUT2D eigenvalue weighted by atomic mass is 31.2. The Kier molecular flexibility index (Phi) is 5.08. The number of rotatable bonds is 6. The van der Waals surface area contributed by atoms with E-state index in [1.807, 2.05) is 0 Å². The Morgan fingerprint density at radius 1 is 1.18 bits per heavy atom. The molecule has 6 nitrogen and oxygen atoms in total. The van der Waals surface area contributed by atoms with Gasteiger partial charge in [0.25, 0.3) is 7.52 Å². The predicted octanol–water partition coefficient (Wildman–Crippen LogP) is 2.74. The highest BCUT2D eigenvalue weighted by molar-refractivity contribution is 7.56. The van der Waals surface area contributed by atoms with Gasteiger partial charge in [0.2, 0.25) is 0 Å². The van der Waals surface area contributed by atoms with E-state index in [9.17, 15) is 19.4 Å². The number of aliphatic carboxylic acids is 1. The lowest BCUT2D eigenvalue weighted by Gasteiger charge is -2.24. The number of nitrogens with zero attached hydrogens (tertiary/aromatic N) is 1. The van der Waals surface area contributed by atoms with E-state index in [2.05, 4.69) is 10.1 Å². The van der Waals surface area contributed by atoms with Gasteiger partial charge in [0.15, 0.2) is 0 Å². The summed E-state index contributed by atoms with van der Waals surface area (Å²) in [6.45, 7) is 1.56. The van der Waals surface area contributed by atoms with Gasteiger partial charge < -0.3 is 10.00 Å². The summed E-state index contributed by atoms with van der Waals surface area (Å²) in [6.07, 6.45) is 3.06. The zero-order chi connectivity index (χ0) is 16.2. The Bertz CT molecular complexity index is 678. The summed E-state index contributed by atoms with van der Waals surface area (Å²) in [6, 6.07) is 10.4. The summed E-state index contributed by atoms with van der Waals surface area (Å²) in [5.74, 6) is -1.21. The lowest BCUT2D eigenvalue weighted by molar-refractivity contribution is -0.139. The second kappa shape index (κ2) is 6.83. The molecule has 22 heavy (non-hydrogen) atoms. The number of carboxylic acid groups (broad SMARTS) is 1. The number of nitrogens with one attached hydrogen (secondary N) is 1. The summed E-state index contributed by atoms with van der Waals surface area (Å²) in [4.78, 5) is 25.6. The molecule has 3 N–H and O–H groups in total. The van der Waals surface area contributed by atoms with Crippen LogP contribution in [0.5, 0.6) is 0 Å². The van der Waals surface area contributed by atoms with Crippen molar-refractivity contribution in [1.29, 1.82) is 0 Å². The van der Waals surface area contributed by atoms with Gasteiger partial charge in [0, 0.05) is 12.4 Å². The van der Waals surface area contributed by atoms with Crippen LogP contribution in [-0.4, -0.2) is 21.0 Å². The topological polar surface area (TPSA) is 99.5 Å². The maximum Gasteiger partial charge on any atom is 0.325 e. The van der Waals surface area contributed by atoms with E-state index in [0.717, 1.165) is 0 Å². The number of carboxylic acids is 1. The second-order valence-corrected chi connectivity index (χ2v) is 7.17. The summed E-state index contributed by atoms with van der Waals surface area (Å²) in [5, 5.41) is 11.7. The van der Waals surface area contributed by atoms with Gasteiger partial charge in [-0.25, -0.2) is 5.09 Å². The van der Waals surface area contributed by atoms with Gasteiger partial charge in [-0.2, -0.15) is 0 Å². The standard InChI is InChI=1S/C15H17N2O4P/c1-11(13-8-5-9-16-10-13)22(20,21)17-14(15(18)19)12-6-3-2-4-7-12/h2-11,14H,1H3,(H,18,19)(H2,17,20,21). The van der Waals surface area contributed by atoms with Crippen molar-refractivity contribution in [2.24, 2.45) is 0 Å². The monoisotopic (exact) mass is 320 g/mol. The van der Waals surface area contributed by atoms with Crippen molar-refractivity contribution in [1.82, 2.24) is 10.1 Å². The summed E-state index contributed by atoms with van der Waals surface area (Å²) in [7, 11) is -3.95. The van der Waals surface area contributed by atoms with Crippen LogP contribution in [0.4, 0.5) is 0 Å². The molecule has 2 rings (SSSR count). The predicted molar refractivity (Wildman–Crippen MR) is 82.4 cm³/mol. The lowest BCUT2D eigenvalue weighted by atomic mass is 10.1. The minimum Gasteiger partial charge on any atom is -0.480 e. The lowest BCUT2D eigenvalue weighted by Crippen LogP contribution is -2.27. The quantitative estimate of drug-likeness (QED) is 0.708. The summed E-state index contributed by atoms with van der Waals surface area (Å²) >= 11 is 0. The molecule has 0 aliphatic rings. The molecule has 1 aromatic carbocycles. The molecule has 1 heterocycles. The first-order chi connectivity index (χ1) is 10.4. The first-order valence-electron chi connectivity index (χ1n) is 6.70. The van der Waals surface area contributed by atoms with Crippen LogP contribution in [0, 0.1) is 0 Å². The van der Waals surface area contributed by atoms with Crippen LogP contribution in [-0.2, 0) is 9.36 Å². The van der Waals surface area contributed by atoms with Crippen LogP contribution in [0.1, 0.15) is 29.8 Å². The summed E-state index contributed by atoms with van der Waals surface area (Å²) < 4.78 is 12.6. The smallest absolute Gasteiger partial charge is 0.325 e. The number of benzene rings is 1. The largest absolute Gasteiger partial charge is 0.480 e. The molecule has 0 fully saturated rings. The van der Waals surface area contributed by atoms with E-state index < -0.39 is 25.2 Å². The number of carbonyl (C=O) groups is 1. The molecule has 0 spiro atoms. The van der Waals surface area contributed by atoms with Gasteiger partial charge in [0.1, 0.15) is 6.04 Å². The molecule has 116 valence electrons. The third kappa shape index (κ3) is 3.80. The Morgan fingerprint density at radius 3 is 2.36 bits per heavy atom. The van der Waals surface area contributed by atoms with Crippen molar-refractivity contribution in [3.8, 4) is 0 Å².